The summed E-state index contributed by atoms with van der Waals surface area (Å²) in [7, 11) is 1.52. The van der Waals surface area contributed by atoms with E-state index in [2.05, 4.69) is 5.32 Å². The van der Waals surface area contributed by atoms with Crippen molar-refractivity contribution in [1.82, 2.24) is 9.80 Å². The zero-order valence-electron chi connectivity index (χ0n) is 19.3. The van der Waals surface area contributed by atoms with Gasteiger partial charge in [-0.05, 0) is 38.8 Å². The summed E-state index contributed by atoms with van der Waals surface area (Å²) >= 11 is 0. The van der Waals surface area contributed by atoms with Crippen molar-refractivity contribution in [3.8, 4) is 11.5 Å². The molecular weight excluding hydrogens is 426 g/mol. The Labute approximate surface area is 193 Å². The van der Waals surface area contributed by atoms with Gasteiger partial charge in [-0.25, -0.2) is 0 Å². The van der Waals surface area contributed by atoms with Crippen LogP contribution in [0.4, 0.5) is 5.69 Å². The minimum atomic E-state index is -0.372. The summed E-state index contributed by atoms with van der Waals surface area (Å²) in [5.41, 5.74) is 0.525. The highest BCUT2D eigenvalue weighted by molar-refractivity contribution is 6.05. The maximum atomic E-state index is 12.5. The highest BCUT2D eigenvalue weighted by Gasteiger charge is 2.46. The number of amides is 4. The minimum Gasteiger partial charge on any atom is -0.490 e. The standard InChI is InChI=1S/C24H31N3O6/c1-4-32-19-11-10-16(14-20(19)33-5-2)25-21(28)15-26(3)22(29)12-13-27-23(30)17-8-6-7-9-18(17)24(27)31/h6-7,10-11,14,17-18H,4-5,8-9,12-13,15H2,1-3H3,(H,25,28)/t17-,18-/m1/s1. The van der Waals surface area contributed by atoms with Gasteiger partial charge in [0.15, 0.2) is 11.5 Å². The average molecular weight is 458 g/mol. The van der Waals surface area contributed by atoms with Gasteiger partial charge >= 0.3 is 0 Å². The lowest BCUT2D eigenvalue weighted by Gasteiger charge is -2.19. The second-order valence-electron chi connectivity index (χ2n) is 8.06. The fourth-order valence-corrected chi connectivity index (χ4v) is 4.12. The highest BCUT2D eigenvalue weighted by atomic mass is 16.5. The number of nitrogens with one attached hydrogen (secondary N) is 1. The fourth-order valence-electron chi connectivity index (χ4n) is 4.12. The quantitative estimate of drug-likeness (QED) is 0.427. The molecule has 2 aliphatic rings. The molecule has 1 heterocycles. The predicted octanol–water partition coefficient (Wildman–Crippen LogP) is 2.22. The van der Waals surface area contributed by atoms with Crippen LogP contribution in [0.15, 0.2) is 30.4 Å². The molecule has 9 nitrogen and oxygen atoms in total. The van der Waals surface area contributed by atoms with E-state index in [-0.39, 0.29) is 55.0 Å². The molecule has 4 amide bonds. The molecule has 1 aromatic carbocycles. The summed E-state index contributed by atoms with van der Waals surface area (Å²) < 4.78 is 11.1. The van der Waals surface area contributed by atoms with Gasteiger partial charge in [-0.3, -0.25) is 24.1 Å². The van der Waals surface area contributed by atoms with Crippen LogP contribution < -0.4 is 14.8 Å². The van der Waals surface area contributed by atoms with Crippen LogP contribution in [0.1, 0.15) is 33.1 Å². The van der Waals surface area contributed by atoms with Gasteiger partial charge in [0.1, 0.15) is 0 Å². The zero-order valence-corrected chi connectivity index (χ0v) is 19.3. The number of ether oxygens (including phenoxy) is 2. The molecular formula is C24H31N3O6. The number of carbonyl (C=O) groups excluding carboxylic acids is 4. The van der Waals surface area contributed by atoms with E-state index in [1.165, 1.54) is 16.8 Å². The number of benzene rings is 1. The molecule has 0 aromatic heterocycles. The Morgan fingerprint density at radius 3 is 2.24 bits per heavy atom. The lowest BCUT2D eigenvalue weighted by atomic mass is 9.85. The first-order valence-corrected chi connectivity index (χ1v) is 11.3. The molecule has 33 heavy (non-hydrogen) atoms. The maximum absolute atomic E-state index is 12.5. The third-order valence-electron chi connectivity index (χ3n) is 5.78. The topological polar surface area (TPSA) is 105 Å². The first-order chi connectivity index (χ1) is 15.8. The number of likely N-dealkylation sites (tertiary alicyclic amines) is 1. The number of hydrogen-bond donors (Lipinski definition) is 1. The SMILES string of the molecule is CCOc1ccc(NC(=O)CN(C)C(=O)CCN2C(=O)[C@@H]3CC=CC[C@H]3C2=O)cc1OCC. The lowest BCUT2D eigenvalue weighted by molar-refractivity contribution is -0.141. The first kappa shape index (κ1) is 24.3. The van der Waals surface area contributed by atoms with Crippen LogP contribution in [0.5, 0.6) is 11.5 Å². The minimum absolute atomic E-state index is 0.0222. The normalized spacial score (nSPS) is 19.3. The molecule has 0 spiro atoms. The van der Waals surface area contributed by atoms with Crippen molar-refractivity contribution in [2.24, 2.45) is 11.8 Å². The van der Waals surface area contributed by atoms with Gasteiger partial charge < -0.3 is 19.7 Å². The predicted molar refractivity (Wildman–Crippen MR) is 122 cm³/mol. The van der Waals surface area contributed by atoms with Gasteiger partial charge in [-0.2, -0.15) is 0 Å². The highest BCUT2D eigenvalue weighted by Crippen LogP contribution is 2.35. The van der Waals surface area contributed by atoms with Gasteiger partial charge in [0, 0.05) is 31.8 Å². The summed E-state index contributed by atoms with van der Waals surface area (Å²) in [6.45, 7) is 4.55. The molecule has 0 unspecified atom stereocenters. The molecule has 178 valence electrons. The van der Waals surface area contributed by atoms with Crippen LogP contribution in [-0.4, -0.2) is 66.8 Å². The van der Waals surface area contributed by atoms with Crippen LogP contribution in [0.25, 0.3) is 0 Å². The Balaban J connectivity index is 1.50. The summed E-state index contributed by atoms with van der Waals surface area (Å²) in [5.74, 6) is -0.605. The first-order valence-electron chi connectivity index (χ1n) is 11.3. The van der Waals surface area contributed by atoms with Crippen molar-refractivity contribution in [2.75, 3.05) is 38.7 Å². The van der Waals surface area contributed by atoms with E-state index < -0.39 is 0 Å². The van der Waals surface area contributed by atoms with E-state index in [0.717, 1.165) is 0 Å². The number of fused-ring (bicyclic) bond motifs is 1. The average Bonchev–Trinajstić information content (AvgIpc) is 3.04. The molecule has 0 saturated carbocycles. The van der Waals surface area contributed by atoms with Crippen LogP contribution in [-0.2, 0) is 19.2 Å². The summed E-state index contributed by atoms with van der Waals surface area (Å²) in [6, 6.07) is 5.09. The van der Waals surface area contributed by atoms with Crippen molar-refractivity contribution in [2.45, 2.75) is 33.1 Å². The van der Waals surface area contributed by atoms with Crippen molar-refractivity contribution in [1.29, 1.82) is 0 Å². The van der Waals surface area contributed by atoms with Gasteiger partial charge in [-0.15, -0.1) is 0 Å². The molecule has 1 fully saturated rings. The molecule has 0 radical (unpaired) electrons. The number of allylic oxidation sites excluding steroid dienone is 2. The smallest absolute Gasteiger partial charge is 0.243 e. The Hall–Kier alpha value is -3.36. The van der Waals surface area contributed by atoms with E-state index in [4.69, 9.17) is 9.47 Å². The molecule has 9 heteroatoms. The lowest BCUT2D eigenvalue weighted by Crippen LogP contribution is -2.38. The van der Waals surface area contributed by atoms with E-state index in [1.54, 1.807) is 18.2 Å². The Kier molecular flexibility index (Phi) is 8.08. The molecule has 1 aromatic rings. The second-order valence-corrected chi connectivity index (χ2v) is 8.06. The van der Waals surface area contributed by atoms with Crippen LogP contribution in [0, 0.1) is 11.8 Å². The molecule has 1 N–H and O–H groups in total. The summed E-state index contributed by atoms with van der Waals surface area (Å²) in [6.07, 6.45) is 4.96. The number of rotatable bonds is 10. The van der Waals surface area contributed by atoms with Crippen molar-refractivity contribution in [3.63, 3.8) is 0 Å². The number of likely N-dealkylation sites (N-methyl/N-ethyl adjacent to an activating group) is 1. The fraction of sp³-hybridized carbons (Fsp3) is 0.500. The van der Waals surface area contributed by atoms with Crippen molar-refractivity contribution >= 4 is 29.3 Å². The number of carbonyl (C=O) groups is 4. The maximum Gasteiger partial charge on any atom is 0.243 e. The molecule has 1 saturated heterocycles. The van der Waals surface area contributed by atoms with Gasteiger partial charge in [0.25, 0.3) is 0 Å². The number of hydrogen-bond acceptors (Lipinski definition) is 6. The van der Waals surface area contributed by atoms with Gasteiger partial charge in [0.05, 0.1) is 31.6 Å². The number of imide groups is 1. The number of anilines is 1. The van der Waals surface area contributed by atoms with Crippen LogP contribution in [0.2, 0.25) is 0 Å². The number of nitrogens with zero attached hydrogens (tertiary/aromatic N) is 2. The van der Waals surface area contributed by atoms with Gasteiger partial charge in [0.2, 0.25) is 23.6 Å². The second kappa shape index (κ2) is 11.0. The monoisotopic (exact) mass is 457 g/mol. The van der Waals surface area contributed by atoms with E-state index in [0.29, 0.717) is 43.2 Å². The third kappa shape index (κ3) is 5.71. The Bertz CT molecular complexity index is 918. The molecule has 0 bridgehead atoms. The van der Waals surface area contributed by atoms with Crippen LogP contribution in [0.3, 0.4) is 0 Å². The molecule has 2 atom stereocenters. The summed E-state index contributed by atoms with van der Waals surface area (Å²) in [4.78, 5) is 52.5. The largest absolute Gasteiger partial charge is 0.490 e. The van der Waals surface area contributed by atoms with Gasteiger partial charge in [-0.1, -0.05) is 12.2 Å². The van der Waals surface area contributed by atoms with Crippen molar-refractivity contribution in [3.05, 3.63) is 30.4 Å². The molecule has 1 aliphatic heterocycles. The molecule has 3 rings (SSSR count). The van der Waals surface area contributed by atoms with Crippen LogP contribution >= 0.6 is 0 Å². The molecule has 1 aliphatic carbocycles. The Morgan fingerprint density at radius 1 is 1.03 bits per heavy atom. The van der Waals surface area contributed by atoms with Crippen molar-refractivity contribution < 1.29 is 28.7 Å². The third-order valence-corrected chi connectivity index (χ3v) is 5.78. The van der Waals surface area contributed by atoms with E-state index >= 15 is 0 Å². The summed E-state index contributed by atoms with van der Waals surface area (Å²) in [5, 5.41) is 2.75. The van der Waals surface area contributed by atoms with E-state index in [9.17, 15) is 19.2 Å². The zero-order chi connectivity index (χ0) is 24.0. The Morgan fingerprint density at radius 2 is 1.64 bits per heavy atom. The van der Waals surface area contributed by atoms with E-state index in [1.807, 2.05) is 26.0 Å².